The predicted octanol–water partition coefficient (Wildman–Crippen LogP) is 6.36. The molecule has 35 heavy (non-hydrogen) atoms. The van der Waals surface area contributed by atoms with Crippen LogP contribution in [0.15, 0.2) is 53.0 Å². The molecule has 0 radical (unpaired) electrons. The van der Waals surface area contributed by atoms with E-state index < -0.39 is 6.10 Å². The monoisotopic (exact) mass is 537 g/mol. The number of carbonyl (C=O) groups excluding carboxylic acids is 1. The summed E-state index contributed by atoms with van der Waals surface area (Å²) in [5.41, 5.74) is 2.51. The molecule has 0 aromatic heterocycles. The molecule has 0 amide bonds. The van der Waals surface area contributed by atoms with E-state index in [1.165, 1.54) is 13.2 Å². The van der Waals surface area contributed by atoms with E-state index in [0.29, 0.717) is 53.6 Å². The van der Waals surface area contributed by atoms with Gasteiger partial charge in [-0.2, -0.15) is 5.26 Å². The maximum Gasteiger partial charge on any atom is 0.306 e. The third-order valence-electron chi connectivity index (χ3n) is 6.31. The molecule has 0 N–H and O–H groups in total. The van der Waals surface area contributed by atoms with Gasteiger partial charge in [0, 0.05) is 33.1 Å². The second-order valence-corrected chi connectivity index (χ2v) is 9.34. The van der Waals surface area contributed by atoms with Crippen molar-refractivity contribution in [2.45, 2.75) is 31.3 Å². The summed E-state index contributed by atoms with van der Waals surface area (Å²) in [5, 5.41) is 9.41. The first-order valence-corrected chi connectivity index (χ1v) is 11.9. The zero-order chi connectivity index (χ0) is 24.5. The highest BCUT2D eigenvalue weighted by atomic mass is 79.9. The minimum absolute atomic E-state index is 0.0628. The number of esters is 1. The molecule has 0 saturated carbocycles. The number of hydrogen-bond donors (Lipinski definition) is 0. The van der Waals surface area contributed by atoms with Crippen LogP contribution in [0, 0.1) is 17.1 Å². The number of hydrogen-bond acceptors (Lipinski definition) is 6. The lowest BCUT2D eigenvalue weighted by atomic mass is 9.98. The van der Waals surface area contributed by atoms with Crippen LogP contribution in [-0.4, -0.2) is 19.7 Å². The number of ether oxygens (including phenoxy) is 4. The van der Waals surface area contributed by atoms with Crippen molar-refractivity contribution in [3.8, 4) is 29.1 Å². The zero-order valence-corrected chi connectivity index (χ0v) is 20.4. The minimum atomic E-state index is -0.489. The SMILES string of the molecule is COC(=O)CC1COc2cc(O[C@@H]3CCc4c(Oc5cc(Br)ccc5C#N)ccc(F)c43)ccc21. The first-order chi connectivity index (χ1) is 17.0. The van der Waals surface area contributed by atoms with Crippen LogP contribution in [0.5, 0.6) is 23.0 Å². The second kappa shape index (κ2) is 9.59. The van der Waals surface area contributed by atoms with Gasteiger partial charge in [-0.05, 0) is 49.2 Å². The van der Waals surface area contributed by atoms with Crippen LogP contribution in [0.3, 0.4) is 0 Å². The third kappa shape index (κ3) is 4.56. The quantitative estimate of drug-likeness (QED) is 0.340. The van der Waals surface area contributed by atoms with E-state index in [2.05, 4.69) is 22.0 Å². The molecule has 0 bridgehead atoms. The maximum atomic E-state index is 14.9. The standard InChI is InChI=1S/C27H21BrFNO5/c1-32-26(31)10-16-14-33-25-12-18(4-5-19(16)25)34-23-8-6-20-22(9-7-21(29)27(20)23)35-24-11-17(28)3-2-15(24)13-30/h2-5,7,9,11-12,16,23H,6,8,10,14H2,1H3/t16?,23-/m1/s1. The van der Waals surface area contributed by atoms with E-state index >= 15 is 0 Å². The van der Waals surface area contributed by atoms with Gasteiger partial charge >= 0.3 is 5.97 Å². The first kappa shape index (κ1) is 23.2. The highest BCUT2D eigenvalue weighted by molar-refractivity contribution is 9.10. The summed E-state index contributed by atoms with van der Waals surface area (Å²) in [6.45, 7) is 0.399. The average Bonchev–Trinajstić information content (AvgIpc) is 3.46. The van der Waals surface area contributed by atoms with E-state index in [-0.39, 0.29) is 24.1 Å². The number of methoxy groups -OCH3 is 1. The van der Waals surface area contributed by atoms with Crippen LogP contribution in [0.2, 0.25) is 0 Å². The van der Waals surface area contributed by atoms with Gasteiger partial charge in [-0.1, -0.05) is 22.0 Å². The summed E-state index contributed by atoms with van der Waals surface area (Å²) in [6, 6.07) is 15.7. The molecule has 0 fully saturated rings. The van der Waals surface area contributed by atoms with E-state index in [1.54, 1.807) is 30.3 Å². The van der Waals surface area contributed by atoms with Crippen LogP contribution >= 0.6 is 15.9 Å². The van der Waals surface area contributed by atoms with Gasteiger partial charge in [0.15, 0.2) is 0 Å². The molecule has 1 aliphatic carbocycles. The van der Waals surface area contributed by atoms with Gasteiger partial charge < -0.3 is 18.9 Å². The topological polar surface area (TPSA) is 77.8 Å². The lowest BCUT2D eigenvalue weighted by Crippen LogP contribution is -2.09. The molecule has 178 valence electrons. The highest BCUT2D eigenvalue weighted by Crippen LogP contribution is 2.44. The Hall–Kier alpha value is -3.57. The summed E-state index contributed by atoms with van der Waals surface area (Å²) >= 11 is 3.40. The largest absolute Gasteiger partial charge is 0.492 e. The molecule has 1 heterocycles. The number of halogens is 2. The molecular formula is C27H21BrFNO5. The second-order valence-electron chi connectivity index (χ2n) is 8.43. The number of nitriles is 1. The van der Waals surface area contributed by atoms with Crippen LogP contribution < -0.4 is 14.2 Å². The van der Waals surface area contributed by atoms with Gasteiger partial charge in [0.2, 0.25) is 0 Å². The molecule has 1 aliphatic heterocycles. The fourth-order valence-electron chi connectivity index (χ4n) is 4.59. The van der Waals surface area contributed by atoms with Gasteiger partial charge in [0.05, 0.1) is 25.7 Å². The smallest absolute Gasteiger partial charge is 0.306 e. The Morgan fingerprint density at radius 2 is 2.06 bits per heavy atom. The maximum absolute atomic E-state index is 14.9. The van der Waals surface area contributed by atoms with Gasteiger partial charge in [-0.15, -0.1) is 0 Å². The third-order valence-corrected chi connectivity index (χ3v) is 6.80. The Morgan fingerprint density at radius 1 is 1.20 bits per heavy atom. The molecule has 2 atom stereocenters. The zero-order valence-electron chi connectivity index (χ0n) is 18.8. The molecule has 3 aromatic rings. The van der Waals surface area contributed by atoms with Crippen molar-refractivity contribution in [2.75, 3.05) is 13.7 Å². The molecule has 6 nitrogen and oxygen atoms in total. The Kier molecular flexibility index (Phi) is 6.35. The normalized spacial score (nSPS) is 17.7. The van der Waals surface area contributed by atoms with E-state index in [1.807, 2.05) is 12.1 Å². The van der Waals surface area contributed by atoms with E-state index in [0.717, 1.165) is 15.6 Å². The lowest BCUT2D eigenvalue weighted by Gasteiger charge is -2.17. The molecule has 0 saturated heterocycles. The van der Waals surface area contributed by atoms with Crippen LogP contribution in [0.25, 0.3) is 0 Å². The summed E-state index contributed by atoms with van der Waals surface area (Å²) in [4.78, 5) is 11.7. The van der Waals surface area contributed by atoms with Crippen molar-refractivity contribution in [1.82, 2.24) is 0 Å². The van der Waals surface area contributed by atoms with Crippen molar-refractivity contribution in [3.05, 3.63) is 81.1 Å². The van der Waals surface area contributed by atoms with E-state index in [4.69, 9.17) is 18.9 Å². The Labute approximate surface area is 210 Å². The number of carbonyl (C=O) groups is 1. The number of fused-ring (bicyclic) bond motifs is 2. The van der Waals surface area contributed by atoms with Crippen molar-refractivity contribution in [1.29, 1.82) is 5.26 Å². The van der Waals surface area contributed by atoms with Gasteiger partial charge in [-0.3, -0.25) is 4.79 Å². The van der Waals surface area contributed by atoms with Gasteiger partial charge in [0.1, 0.15) is 41.0 Å². The van der Waals surface area contributed by atoms with E-state index in [9.17, 15) is 14.4 Å². The van der Waals surface area contributed by atoms with Crippen molar-refractivity contribution < 1.29 is 28.1 Å². The van der Waals surface area contributed by atoms with Crippen molar-refractivity contribution in [3.63, 3.8) is 0 Å². The number of rotatable bonds is 6. The first-order valence-electron chi connectivity index (χ1n) is 11.2. The minimum Gasteiger partial charge on any atom is -0.492 e. The molecular weight excluding hydrogens is 517 g/mol. The number of nitrogens with zero attached hydrogens (tertiary/aromatic N) is 1. The molecule has 8 heteroatoms. The van der Waals surface area contributed by atoms with Crippen LogP contribution in [0.1, 0.15) is 47.1 Å². The molecule has 2 aliphatic rings. The average molecular weight is 538 g/mol. The Morgan fingerprint density at radius 3 is 2.86 bits per heavy atom. The molecule has 0 spiro atoms. The van der Waals surface area contributed by atoms with Crippen LogP contribution in [-0.2, 0) is 16.0 Å². The Balaban J connectivity index is 1.38. The van der Waals surface area contributed by atoms with Gasteiger partial charge in [0.25, 0.3) is 0 Å². The summed E-state index contributed by atoms with van der Waals surface area (Å²) in [6.07, 6.45) is 0.918. The number of benzene rings is 3. The summed E-state index contributed by atoms with van der Waals surface area (Å²) in [5.74, 6) is 1.41. The summed E-state index contributed by atoms with van der Waals surface area (Å²) < 4.78 is 38.5. The fraction of sp³-hybridized carbons (Fsp3) is 0.259. The van der Waals surface area contributed by atoms with Crippen LogP contribution in [0.4, 0.5) is 4.39 Å². The van der Waals surface area contributed by atoms with Gasteiger partial charge in [-0.25, -0.2) is 4.39 Å². The van der Waals surface area contributed by atoms with Crippen molar-refractivity contribution in [2.24, 2.45) is 0 Å². The Bertz CT molecular complexity index is 1350. The van der Waals surface area contributed by atoms with Crippen molar-refractivity contribution >= 4 is 21.9 Å². The molecule has 1 unspecified atom stereocenters. The lowest BCUT2D eigenvalue weighted by molar-refractivity contribution is -0.141. The fourth-order valence-corrected chi connectivity index (χ4v) is 4.93. The highest BCUT2D eigenvalue weighted by Gasteiger charge is 2.32. The molecule has 3 aromatic carbocycles. The molecule has 5 rings (SSSR count). The predicted molar refractivity (Wildman–Crippen MR) is 128 cm³/mol. The summed E-state index contributed by atoms with van der Waals surface area (Å²) in [7, 11) is 1.37.